The molecule has 1 unspecified atom stereocenters. The molecule has 0 spiro atoms. The van der Waals surface area contributed by atoms with Crippen LogP contribution in [0.5, 0.6) is 0 Å². The van der Waals surface area contributed by atoms with E-state index in [4.69, 9.17) is 14.2 Å². The molecule has 1 atom stereocenters. The Hall–Kier alpha value is -5.23. The Kier molecular flexibility index (Phi) is 64.9. The summed E-state index contributed by atoms with van der Waals surface area (Å²) in [7, 11) is 0. The van der Waals surface area contributed by atoms with Crippen LogP contribution in [0.3, 0.4) is 0 Å². The lowest BCUT2D eigenvalue weighted by Crippen LogP contribution is -2.30. The topological polar surface area (TPSA) is 78.9 Å². The number of hydrogen-bond donors (Lipinski definition) is 0. The maximum atomic E-state index is 12.9. The average Bonchev–Trinajstić information content (AvgIpc) is 3.49. The Morgan fingerprint density at radius 2 is 0.482 bits per heavy atom. The van der Waals surface area contributed by atoms with Crippen molar-refractivity contribution < 1.29 is 28.6 Å². The highest BCUT2D eigenvalue weighted by Gasteiger charge is 2.19. The smallest absolute Gasteiger partial charge is 0.306 e. The molecule has 0 rings (SSSR count). The van der Waals surface area contributed by atoms with Crippen molar-refractivity contribution in [3.05, 3.63) is 170 Å². The van der Waals surface area contributed by atoms with Crippen LogP contribution >= 0.6 is 0 Å². The van der Waals surface area contributed by atoms with Crippen molar-refractivity contribution in [1.29, 1.82) is 0 Å². The second-order valence-corrected chi connectivity index (χ2v) is 21.6. The Bertz CT molecular complexity index is 1890. The first-order valence-corrected chi connectivity index (χ1v) is 33.6. The van der Waals surface area contributed by atoms with Crippen LogP contribution in [0, 0.1) is 0 Å². The van der Waals surface area contributed by atoms with Crippen molar-refractivity contribution in [2.24, 2.45) is 0 Å². The van der Waals surface area contributed by atoms with E-state index >= 15 is 0 Å². The van der Waals surface area contributed by atoms with E-state index in [1.807, 2.05) is 0 Å². The lowest BCUT2D eigenvalue weighted by atomic mass is 10.1. The van der Waals surface area contributed by atoms with E-state index in [0.717, 1.165) is 141 Å². The predicted molar refractivity (Wildman–Crippen MR) is 361 cm³/mol. The molecular weight excluding hydrogens is 1020 g/mol. The predicted octanol–water partition coefficient (Wildman–Crippen LogP) is 23.4. The fraction of sp³-hybridized carbons (Fsp3) is 0.597. The minimum atomic E-state index is -0.824. The van der Waals surface area contributed by atoms with Gasteiger partial charge in [-0.2, -0.15) is 0 Å². The van der Waals surface area contributed by atoms with E-state index in [1.165, 1.54) is 89.9 Å². The fourth-order valence-electron chi connectivity index (χ4n) is 8.72. The summed E-state index contributed by atoms with van der Waals surface area (Å²) in [5.41, 5.74) is 0. The molecular formula is C77H122O6. The van der Waals surface area contributed by atoms with Gasteiger partial charge in [-0.05, 0) is 148 Å². The summed E-state index contributed by atoms with van der Waals surface area (Å²) in [5, 5.41) is 0. The normalized spacial score (nSPS) is 13.2. The zero-order chi connectivity index (χ0) is 59.9. The first-order chi connectivity index (χ1) is 41.0. The SMILES string of the molecule is CC/C=C\C/C=C\C/C=C\C/C=C\C/C=C\C/C=C\C/C=C\CCCCCCCCCCCC(=O)OCC(COC(=O)CCCCCCCCC/C=C\C/C=C\CCCCC)OC(=O)CCC/C=C\C/C=C\C/C=C\C/C=C\C/C=C\CC. The van der Waals surface area contributed by atoms with E-state index in [0.29, 0.717) is 19.3 Å². The minimum Gasteiger partial charge on any atom is -0.462 e. The third kappa shape index (κ3) is 67.4. The highest BCUT2D eigenvalue weighted by molar-refractivity contribution is 5.71. The maximum Gasteiger partial charge on any atom is 0.306 e. The van der Waals surface area contributed by atoms with E-state index in [-0.39, 0.29) is 37.5 Å². The lowest BCUT2D eigenvalue weighted by Gasteiger charge is -2.18. The summed E-state index contributed by atoms with van der Waals surface area (Å²) < 4.78 is 16.9. The number of carbonyl (C=O) groups is 3. The third-order valence-electron chi connectivity index (χ3n) is 13.7. The quantitative estimate of drug-likeness (QED) is 0.0261. The molecule has 0 saturated heterocycles. The number of carbonyl (C=O) groups excluding carboxylic acids is 3. The molecule has 0 heterocycles. The molecule has 466 valence electrons. The first kappa shape index (κ1) is 77.8. The Morgan fingerprint density at radius 3 is 0.771 bits per heavy atom. The van der Waals surface area contributed by atoms with Gasteiger partial charge in [0, 0.05) is 19.3 Å². The summed E-state index contributed by atoms with van der Waals surface area (Å²) in [6, 6.07) is 0. The van der Waals surface area contributed by atoms with E-state index < -0.39 is 6.10 Å². The molecule has 0 aliphatic heterocycles. The molecule has 0 radical (unpaired) electrons. The first-order valence-electron chi connectivity index (χ1n) is 33.6. The average molecular weight is 1140 g/mol. The maximum absolute atomic E-state index is 12.9. The summed E-state index contributed by atoms with van der Waals surface area (Å²) in [6.45, 7) is 6.33. The van der Waals surface area contributed by atoms with Gasteiger partial charge in [-0.3, -0.25) is 14.4 Å². The summed E-state index contributed by atoms with van der Waals surface area (Å²) in [6.07, 6.45) is 102. The highest BCUT2D eigenvalue weighted by atomic mass is 16.6. The van der Waals surface area contributed by atoms with E-state index in [2.05, 4.69) is 191 Å². The van der Waals surface area contributed by atoms with Crippen LogP contribution in [0.15, 0.2) is 170 Å². The van der Waals surface area contributed by atoms with Crippen molar-refractivity contribution in [3.63, 3.8) is 0 Å². The second kappa shape index (κ2) is 69.3. The van der Waals surface area contributed by atoms with E-state index in [9.17, 15) is 14.4 Å². The molecule has 0 aromatic heterocycles. The van der Waals surface area contributed by atoms with Gasteiger partial charge < -0.3 is 14.2 Å². The number of hydrogen-bond acceptors (Lipinski definition) is 6. The zero-order valence-corrected chi connectivity index (χ0v) is 53.4. The highest BCUT2D eigenvalue weighted by Crippen LogP contribution is 2.15. The van der Waals surface area contributed by atoms with Gasteiger partial charge in [0.15, 0.2) is 6.10 Å². The minimum absolute atomic E-state index is 0.113. The van der Waals surface area contributed by atoms with Gasteiger partial charge in [0.2, 0.25) is 0 Å². The van der Waals surface area contributed by atoms with Crippen LogP contribution < -0.4 is 0 Å². The molecule has 0 aromatic carbocycles. The summed E-state index contributed by atoms with van der Waals surface area (Å²) >= 11 is 0. The summed E-state index contributed by atoms with van der Waals surface area (Å²) in [4.78, 5) is 38.4. The van der Waals surface area contributed by atoms with Gasteiger partial charge in [-0.25, -0.2) is 0 Å². The molecule has 0 fully saturated rings. The molecule has 83 heavy (non-hydrogen) atoms. The molecule has 6 heteroatoms. The number of rotatable bonds is 59. The number of unbranched alkanes of at least 4 members (excludes halogenated alkanes) is 20. The van der Waals surface area contributed by atoms with Crippen molar-refractivity contribution in [3.8, 4) is 0 Å². The molecule has 6 nitrogen and oxygen atoms in total. The van der Waals surface area contributed by atoms with E-state index in [1.54, 1.807) is 0 Å². The standard InChI is InChI=1S/C77H122O6/c1-4-7-10-13-16-19-22-25-28-31-32-33-34-35-36-37-38-39-40-41-42-43-44-47-49-52-55-58-61-64-67-70-76(79)82-73-74(83-77(80)71-68-65-62-59-56-53-50-46-30-27-24-21-18-15-12-9-6-3)72-81-75(78)69-66-63-60-57-54-51-48-45-29-26-23-20-17-14-11-8-5-2/h7,9-10,12,16-21,25-30,32-33,35-36,38-39,41-42,50,53,59,62,74H,4-6,8,11,13-15,22-24,31,34,37,40,43-49,51-52,54-58,60-61,63-73H2,1-3H3/b10-7-,12-9-,19-16-,20-17-,21-18-,28-25-,29-26-,30-27-,33-32-,36-35-,39-38-,42-41-,53-50-,62-59-. The van der Waals surface area contributed by atoms with Crippen LogP contribution in [0.25, 0.3) is 0 Å². The van der Waals surface area contributed by atoms with Crippen LogP contribution in [-0.4, -0.2) is 37.2 Å². The van der Waals surface area contributed by atoms with Crippen LogP contribution in [0.4, 0.5) is 0 Å². The van der Waals surface area contributed by atoms with Crippen molar-refractivity contribution in [2.45, 2.75) is 284 Å². The van der Waals surface area contributed by atoms with Gasteiger partial charge >= 0.3 is 17.9 Å². The Morgan fingerprint density at radius 1 is 0.253 bits per heavy atom. The molecule has 0 aliphatic rings. The summed E-state index contributed by atoms with van der Waals surface area (Å²) in [5.74, 6) is -0.987. The number of allylic oxidation sites excluding steroid dienone is 28. The van der Waals surface area contributed by atoms with Gasteiger partial charge in [0.1, 0.15) is 13.2 Å². The molecule has 0 aliphatic carbocycles. The van der Waals surface area contributed by atoms with Crippen LogP contribution in [-0.2, 0) is 28.6 Å². The van der Waals surface area contributed by atoms with Crippen molar-refractivity contribution >= 4 is 17.9 Å². The van der Waals surface area contributed by atoms with Gasteiger partial charge in [0.05, 0.1) is 0 Å². The van der Waals surface area contributed by atoms with Crippen LogP contribution in [0.2, 0.25) is 0 Å². The molecule has 0 amide bonds. The Balaban J connectivity index is 4.41. The van der Waals surface area contributed by atoms with Crippen molar-refractivity contribution in [2.75, 3.05) is 13.2 Å². The Labute approximate surface area is 511 Å². The van der Waals surface area contributed by atoms with Gasteiger partial charge in [-0.15, -0.1) is 0 Å². The van der Waals surface area contributed by atoms with Gasteiger partial charge in [0.25, 0.3) is 0 Å². The lowest BCUT2D eigenvalue weighted by molar-refractivity contribution is -0.167. The van der Waals surface area contributed by atoms with Gasteiger partial charge in [-0.1, -0.05) is 281 Å². The second-order valence-electron chi connectivity index (χ2n) is 21.6. The molecule has 0 bridgehead atoms. The largest absolute Gasteiger partial charge is 0.462 e. The van der Waals surface area contributed by atoms with Crippen molar-refractivity contribution in [1.82, 2.24) is 0 Å². The molecule has 0 N–H and O–H groups in total. The number of esters is 3. The zero-order valence-electron chi connectivity index (χ0n) is 53.4. The van der Waals surface area contributed by atoms with Crippen LogP contribution in [0.1, 0.15) is 278 Å². The third-order valence-corrected chi connectivity index (χ3v) is 13.7. The molecule has 0 aromatic rings. The fourth-order valence-corrected chi connectivity index (χ4v) is 8.72. The molecule has 0 saturated carbocycles. The number of ether oxygens (including phenoxy) is 3. The monoisotopic (exact) mass is 1140 g/mol.